The molecule has 0 spiro atoms. The molecule has 0 saturated heterocycles. The molecule has 0 fully saturated rings. The van der Waals surface area contributed by atoms with E-state index in [1.807, 2.05) is 6.20 Å². The van der Waals surface area contributed by atoms with Crippen molar-refractivity contribution in [1.29, 1.82) is 0 Å². The lowest BCUT2D eigenvalue weighted by Crippen LogP contribution is -2.31. The Kier molecular flexibility index (Phi) is 4.39. The van der Waals surface area contributed by atoms with Crippen LogP contribution < -0.4 is 4.90 Å². The third kappa shape index (κ3) is 3.11. The van der Waals surface area contributed by atoms with Gasteiger partial charge in [0, 0.05) is 36.9 Å². The molecule has 0 aliphatic carbocycles. The van der Waals surface area contributed by atoms with E-state index in [4.69, 9.17) is 4.98 Å². The monoisotopic (exact) mass is 381 g/mol. The Morgan fingerprint density at radius 3 is 2.45 bits per heavy atom. The highest BCUT2D eigenvalue weighted by Gasteiger charge is 2.22. The van der Waals surface area contributed by atoms with Gasteiger partial charge in [0.15, 0.2) is 5.82 Å². The van der Waals surface area contributed by atoms with Crippen LogP contribution in [0.5, 0.6) is 0 Å². The number of benzene rings is 2. The molecule has 0 bridgehead atoms. The van der Waals surface area contributed by atoms with E-state index < -0.39 is 0 Å². The summed E-state index contributed by atoms with van der Waals surface area (Å²) < 4.78 is 2.46. The first-order valence-corrected chi connectivity index (χ1v) is 10.4. The Labute approximate surface area is 172 Å². The topological polar surface area (TPSA) is 21.1 Å². The summed E-state index contributed by atoms with van der Waals surface area (Å²) in [4.78, 5) is 7.33. The molecule has 0 amide bonds. The number of nitrogens with zero attached hydrogens (tertiary/aromatic N) is 3. The number of pyridine rings is 1. The first-order valence-electron chi connectivity index (χ1n) is 10.4. The van der Waals surface area contributed by atoms with Gasteiger partial charge in [-0.15, -0.1) is 0 Å². The van der Waals surface area contributed by atoms with Gasteiger partial charge in [0.25, 0.3) is 0 Å². The zero-order chi connectivity index (χ0) is 20.0. The molecular weight excluding hydrogens is 354 g/mol. The van der Waals surface area contributed by atoms with Gasteiger partial charge < -0.3 is 9.47 Å². The molecule has 3 nitrogen and oxygen atoms in total. The lowest BCUT2D eigenvalue weighted by Gasteiger charge is -2.30. The highest BCUT2D eigenvalue weighted by Crippen LogP contribution is 2.34. The first kappa shape index (κ1) is 18.0. The van der Waals surface area contributed by atoms with Gasteiger partial charge in [0.1, 0.15) is 0 Å². The Balaban J connectivity index is 1.61. The van der Waals surface area contributed by atoms with Crippen LogP contribution in [0.2, 0.25) is 0 Å². The van der Waals surface area contributed by atoms with Crippen LogP contribution >= 0.6 is 0 Å². The normalized spacial score (nSPS) is 13.7. The maximum absolute atomic E-state index is 4.88. The largest absolute Gasteiger partial charge is 0.350 e. The quantitative estimate of drug-likeness (QED) is 0.462. The maximum Gasteiger partial charge on any atom is 0.153 e. The summed E-state index contributed by atoms with van der Waals surface area (Å²) in [5, 5.41) is 1.32. The van der Waals surface area contributed by atoms with E-state index in [9.17, 15) is 0 Å². The summed E-state index contributed by atoms with van der Waals surface area (Å²) in [6, 6.07) is 19.8. The summed E-state index contributed by atoms with van der Waals surface area (Å²) in [5.74, 6) is 1.11. The maximum atomic E-state index is 4.88. The van der Waals surface area contributed by atoms with Crippen LogP contribution in [-0.4, -0.2) is 16.1 Å². The van der Waals surface area contributed by atoms with Crippen molar-refractivity contribution < 1.29 is 0 Å². The molecule has 2 aromatic carbocycles. The predicted molar refractivity (Wildman–Crippen MR) is 121 cm³/mol. The van der Waals surface area contributed by atoms with Gasteiger partial charge in [-0.2, -0.15) is 0 Å². The van der Waals surface area contributed by atoms with E-state index in [0.29, 0.717) is 0 Å². The number of anilines is 1. The third-order valence-electron chi connectivity index (χ3n) is 6.42. The molecule has 0 N–H and O–H groups in total. The predicted octanol–water partition coefficient (Wildman–Crippen LogP) is 5.57. The zero-order valence-corrected chi connectivity index (χ0v) is 17.4. The second kappa shape index (κ2) is 7.07. The highest BCUT2D eigenvalue weighted by molar-refractivity contribution is 5.93. The average molecular weight is 382 g/mol. The fourth-order valence-corrected chi connectivity index (χ4v) is 4.56. The molecule has 0 radical (unpaired) electrons. The van der Waals surface area contributed by atoms with Crippen molar-refractivity contribution in [3.05, 3.63) is 94.3 Å². The van der Waals surface area contributed by atoms with Crippen LogP contribution in [0, 0.1) is 20.8 Å². The molecule has 29 heavy (non-hydrogen) atoms. The van der Waals surface area contributed by atoms with Gasteiger partial charge >= 0.3 is 0 Å². The molecule has 146 valence electrons. The van der Waals surface area contributed by atoms with Crippen molar-refractivity contribution in [1.82, 2.24) is 9.55 Å². The molecule has 3 heteroatoms. The molecule has 2 aromatic heterocycles. The lowest BCUT2D eigenvalue weighted by atomic mass is 10.00. The standard InChI is InChI=1S/C26H27N3/c1-18-8-10-21(11-9-18)16-29-20(3)19(2)24-12-14-27-26(25(24)29)28-15-13-22-6-4-5-7-23(22)17-28/h4-12,14H,13,15-17H2,1-3H3. The Bertz CT molecular complexity index is 1180. The van der Waals surface area contributed by atoms with Crippen LogP contribution in [0.25, 0.3) is 10.9 Å². The van der Waals surface area contributed by atoms with Gasteiger partial charge in [-0.25, -0.2) is 4.98 Å². The molecule has 0 unspecified atom stereocenters. The number of fused-ring (bicyclic) bond motifs is 2. The van der Waals surface area contributed by atoms with Crippen molar-refractivity contribution in [3.63, 3.8) is 0 Å². The van der Waals surface area contributed by atoms with Crippen LogP contribution in [0.3, 0.4) is 0 Å². The van der Waals surface area contributed by atoms with Crippen LogP contribution in [0.4, 0.5) is 5.82 Å². The summed E-state index contributed by atoms with van der Waals surface area (Å²) in [6.07, 6.45) is 3.05. The van der Waals surface area contributed by atoms with Crippen molar-refractivity contribution >= 4 is 16.7 Å². The van der Waals surface area contributed by atoms with E-state index >= 15 is 0 Å². The number of rotatable bonds is 3. The summed E-state index contributed by atoms with van der Waals surface area (Å²) in [5.41, 5.74) is 9.46. The summed E-state index contributed by atoms with van der Waals surface area (Å²) in [7, 11) is 0. The van der Waals surface area contributed by atoms with Gasteiger partial charge in [-0.05, 0) is 55.5 Å². The van der Waals surface area contributed by atoms with Gasteiger partial charge in [0.05, 0.1) is 5.52 Å². The van der Waals surface area contributed by atoms with Gasteiger partial charge in [0.2, 0.25) is 0 Å². The molecule has 5 rings (SSSR count). The molecule has 0 atom stereocenters. The van der Waals surface area contributed by atoms with E-state index in [0.717, 1.165) is 31.9 Å². The highest BCUT2D eigenvalue weighted by atomic mass is 15.2. The molecule has 1 aliphatic rings. The molecular formula is C26H27N3. The average Bonchev–Trinajstić information content (AvgIpc) is 3.00. The van der Waals surface area contributed by atoms with E-state index in [-0.39, 0.29) is 0 Å². The minimum absolute atomic E-state index is 0.875. The molecule has 1 aliphatic heterocycles. The number of aromatic nitrogens is 2. The van der Waals surface area contributed by atoms with Crippen LogP contribution in [-0.2, 0) is 19.5 Å². The van der Waals surface area contributed by atoms with Crippen molar-refractivity contribution in [2.24, 2.45) is 0 Å². The molecule has 3 heterocycles. The molecule has 0 saturated carbocycles. The number of hydrogen-bond acceptors (Lipinski definition) is 2. The Morgan fingerprint density at radius 2 is 1.66 bits per heavy atom. The second-order valence-corrected chi connectivity index (χ2v) is 8.25. The first-order chi connectivity index (χ1) is 14.1. The smallest absolute Gasteiger partial charge is 0.153 e. The minimum Gasteiger partial charge on any atom is -0.350 e. The minimum atomic E-state index is 0.875. The number of hydrogen-bond donors (Lipinski definition) is 0. The van der Waals surface area contributed by atoms with E-state index in [2.05, 4.69) is 84.8 Å². The summed E-state index contributed by atoms with van der Waals surface area (Å²) in [6.45, 7) is 9.42. The van der Waals surface area contributed by atoms with Crippen molar-refractivity contribution in [2.75, 3.05) is 11.4 Å². The summed E-state index contributed by atoms with van der Waals surface area (Å²) >= 11 is 0. The SMILES string of the molecule is Cc1ccc(Cn2c(C)c(C)c3ccnc(N4CCc5ccccc5C4)c32)cc1. The van der Waals surface area contributed by atoms with Crippen molar-refractivity contribution in [2.45, 2.75) is 40.3 Å². The van der Waals surface area contributed by atoms with Gasteiger partial charge in [-0.3, -0.25) is 0 Å². The Morgan fingerprint density at radius 1 is 0.897 bits per heavy atom. The van der Waals surface area contributed by atoms with Crippen LogP contribution in [0.1, 0.15) is 33.5 Å². The number of aryl methyl sites for hydroxylation is 2. The fourth-order valence-electron chi connectivity index (χ4n) is 4.56. The fraction of sp³-hybridized carbons (Fsp3) is 0.269. The lowest BCUT2D eigenvalue weighted by molar-refractivity contribution is 0.717. The zero-order valence-electron chi connectivity index (χ0n) is 17.4. The van der Waals surface area contributed by atoms with E-state index in [1.165, 1.54) is 44.4 Å². The second-order valence-electron chi connectivity index (χ2n) is 8.25. The van der Waals surface area contributed by atoms with Gasteiger partial charge in [-0.1, -0.05) is 54.1 Å². The third-order valence-corrected chi connectivity index (χ3v) is 6.42. The Hall–Kier alpha value is -3.07. The van der Waals surface area contributed by atoms with E-state index in [1.54, 1.807) is 0 Å². The van der Waals surface area contributed by atoms with Crippen molar-refractivity contribution in [3.8, 4) is 0 Å². The molecule has 4 aromatic rings. The van der Waals surface area contributed by atoms with Crippen LogP contribution in [0.15, 0.2) is 60.8 Å².